The minimum absolute atomic E-state index is 0.0862. The number of carbonyl (C=O) groups excluding carboxylic acids is 2. The highest BCUT2D eigenvalue weighted by molar-refractivity contribution is 7.20. The van der Waals surface area contributed by atoms with Gasteiger partial charge >= 0.3 is 5.97 Å². The van der Waals surface area contributed by atoms with E-state index in [1.807, 2.05) is 0 Å². The van der Waals surface area contributed by atoms with Crippen LogP contribution in [0.25, 0.3) is 10.2 Å². The van der Waals surface area contributed by atoms with Crippen LogP contribution in [0.4, 0.5) is 0 Å². The van der Waals surface area contributed by atoms with Crippen LogP contribution in [0.5, 0.6) is 0 Å². The van der Waals surface area contributed by atoms with Gasteiger partial charge in [-0.25, -0.2) is 9.78 Å². The smallest absolute Gasteiger partial charge is 0.349 e. The Morgan fingerprint density at radius 1 is 1.25 bits per heavy atom. The Hall–Kier alpha value is -2.22. The molecule has 0 radical (unpaired) electrons. The van der Waals surface area contributed by atoms with Gasteiger partial charge in [0.1, 0.15) is 15.5 Å². The number of piperidine rings is 1. The fraction of sp³-hybridized carbons (Fsp3) is 0.600. The number of nitrogens with zero attached hydrogens (tertiary/aromatic N) is 3. The molecule has 0 N–H and O–H groups in total. The van der Waals surface area contributed by atoms with E-state index in [1.54, 1.807) is 23.3 Å². The number of amides is 1. The van der Waals surface area contributed by atoms with Gasteiger partial charge in [0.25, 0.3) is 11.5 Å². The zero-order valence-electron chi connectivity index (χ0n) is 16.5. The predicted molar refractivity (Wildman–Crippen MR) is 107 cm³/mol. The number of hydrogen-bond donors (Lipinski definition) is 0. The Bertz CT molecular complexity index is 1000. The van der Waals surface area contributed by atoms with E-state index >= 15 is 0 Å². The number of esters is 1. The van der Waals surface area contributed by atoms with Gasteiger partial charge in [-0.05, 0) is 44.6 Å². The topological polar surface area (TPSA) is 81.5 Å². The van der Waals surface area contributed by atoms with Crippen molar-refractivity contribution >= 4 is 33.4 Å². The highest BCUT2D eigenvalue weighted by Gasteiger charge is 2.29. The molecule has 7 nitrogen and oxygen atoms in total. The Morgan fingerprint density at radius 3 is 2.68 bits per heavy atom. The SMILES string of the molecule is Cc1c(C(=O)O[C@H](C)C(=O)N2CCC(C)CC2)sc2nc3n(c(=O)c12)CCC3. The number of rotatable bonds is 3. The third-order valence-corrected chi connectivity index (χ3v) is 6.99. The lowest BCUT2D eigenvalue weighted by molar-refractivity contribution is -0.141. The van der Waals surface area contributed by atoms with Crippen LogP contribution in [0, 0.1) is 12.8 Å². The summed E-state index contributed by atoms with van der Waals surface area (Å²) in [6, 6.07) is 0. The molecular formula is C20H25N3O4S. The van der Waals surface area contributed by atoms with Crippen LogP contribution in [-0.4, -0.2) is 45.5 Å². The molecule has 2 aliphatic rings. The molecular weight excluding hydrogens is 378 g/mol. The highest BCUT2D eigenvalue weighted by Crippen LogP contribution is 2.29. The second-order valence-corrected chi connectivity index (χ2v) is 8.88. The molecule has 8 heteroatoms. The second kappa shape index (κ2) is 7.31. The van der Waals surface area contributed by atoms with E-state index < -0.39 is 12.1 Å². The first-order valence-electron chi connectivity index (χ1n) is 9.89. The lowest BCUT2D eigenvalue weighted by Crippen LogP contribution is -2.44. The molecule has 0 aromatic carbocycles. The number of hydrogen-bond acceptors (Lipinski definition) is 6. The normalized spacial score (nSPS) is 18.3. The molecule has 0 unspecified atom stereocenters. The minimum atomic E-state index is -0.843. The Kier molecular flexibility index (Phi) is 4.99. The van der Waals surface area contributed by atoms with Gasteiger partial charge in [-0.2, -0.15) is 0 Å². The van der Waals surface area contributed by atoms with Crippen LogP contribution in [-0.2, 0) is 22.5 Å². The number of fused-ring (bicyclic) bond motifs is 2. The molecule has 0 aliphatic carbocycles. The van der Waals surface area contributed by atoms with Crippen molar-refractivity contribution in [3.63, 3.8) is 0 Å². The van der Waals surface area contributed by atoms with Gasteiger partial charge in [-0.1, -0.05) is 6.92 Å². The Balaban J connectivity index is 1.54. The van der Waals surface area contributed by atoms with Crippen molar-refractivity contribution in [1.29, 1.82) is 0 Å². The molecule has 1 amide bonds. The maximum absolute atomic E-state index is 12.8. The van der Waals surface area contributed by atoms with Crippen LogP contribution in [0.15, 0.2) is 4.79 Å². The third-order valence-electron chi connectivity index (χ3n) is 5.82. The summed E-state index contributed by atoms with van der Waals surface area (Å²) in [7, 11) is 0. The Morgan fingerprint density at radius 2 is 1.96 bits per heavy atom. The molecule has 4 heterocycles. The lowest BCUT2D eigenvalue weighted by atomic mass is 9.99. The van der Waals surface area contributed by atoms with Crippen molar-refractivity contribution in [2.45, 2.75) is 59.1 Å². The molecule has 2 aliphatic heterocycles. The first kappa shape index (κ1) is 19.1. The molecule has 150 valence electrons. The van der Waals surface area contributed by atoms with E-state index in [4.69, 9.17) is 4.74 Å². The van der Waals surface area contributed by atoms with Gasteiger partial charge in [0, 0.05) is 26.1 Å². The van der Waals surface area contributed by atoms with Gasteiger partial charge in [0.2, 0.25) is 0 Å². The van der Waals surface area contributed by atoms with Gasteiger partial charge in [-0.3, -0.25) is 14.2 Å². The maximum Gasteiger partial charge on any atom is 0.349 e. The maximum atomic E-state index is 12.8. The summed E-state index contributed by atoms with van der Waals surface area (Å²) >= 11 is 1.18. The predicted octanol–water partition coefficient (Wildman–Crippen LogP) is 2.52. The van der Waals surface area contributed by atoms with E-state index in [0.29, 0.717) is 46.2 Å². The Labute approximate surface area is 167 Å². The van der Waals surface area contributed by atoms with Crippen molar-refractivity contribution in [1.82, 2.24) is 14.5 Å². The first-order chi connectivity index (χ1) is 13.4. The molecule has 0 saturated carbocycles. The molecule has 1 fully saturated rings. The molecule has 4 rings (SSSR count). The molecule has 1 atom stereocenters. The summed E-state index contributed by atoms with van der Waals surface area (Å²) < 4.78 is 7.17. The van der Waals surface area contributed by atoms with Gasteiger partial charge in [-0.15, -0.1) is 11.3 Å². The summed E-state index contributed by atoms with van der Waals surface area (Å²) in [4.78, 5) is 45.4. The highest BCUT2D eigenvalue weighted by atomic mass is 32.1. The van der Waals surface area contributed by atoms with Crippen molar-refractivity contribution in [2.24, 2.45) is 5.92 Å². The molecule has 28 heavy (non-hydrogen) atoms. The van der Waals surface area contributed by atoms with Crippen LogP contribution < -0.4 is 5.56 Å². The van der Waals surface area contributed by atoms with Gasteiger partial charge in [0.05, 0.1) is 5.39 Å². The fourth-order valence-corrected chi connectivity index (χ4v) is 5.09. The molecule has 0 spiro atoms. The quantitative estimate of drug-likeness (QED) is 0.736. The largest absolute Gasteiger partial charge is 0.448 e. The summed E-state index contributed by atoms with van der Waals surface area (Å²) in [6.45, 7) is 7.63. The lowest BCUT2D eigenvalue weighted by Gasteiger charge is -2.31. The summed E-state index contributed by atoms with van der Waals surface area (Å²) in [6.07, 6.45) is 2.80. The van der Waals surface area contributed by atoms with E-state index in [0.717, 1.165) is 31.5 Å². The fourth-order valence-electron chi connectivity index (χ4n) is 4.02. The van der Waals surface area contributed by atoms with Crippen molar-refractivity contribution in [2.75, 3.05) is 13.1 Å². The number of ether oxygens (including phenoxy) is 1. The zero-order valence-corrected chi connectivity index (χ0v) is 17.3. The van der Waals surface area contributed by atoms with Crippen LogP contribution in [0.2, 0.25) is 0 Å². The van der Waals surface area contributed by atoms with E-state index in [1.165, 1.54) is 11.3 Å². The molecule has 1 saturated heterocycles. The molecule has 2 aromatic rings. The second-order valence-electron chi connectivity index (χ2n) is 7.88. The monoisotopic (exact) mass is 403 g/mol. The number of likely N-dealkylation sites (tertiary alicyclic amines) is 1. The summed E-state index contributed by atoms with van der Waals surface area (Å²) in [5.74, 6) is 0.686. The van der Waals surface area contributed by atoms with Gasteiger partial charge in [0.15, 0.2) is 6.10 Å². The van der Waals surface area contributed by atoms with Crippen molar-refractivity contribution < 1.29 is 14.3 Å². The van der Waals surface area contributed by atoms with Crippen LogP contribution in [0.3, 0.4) is 0 Å². The summed E-state index contributed by atoms with van der Waals surface area (Å²) in [5.41, 5.74) is 0.507. The van der Waals surface area contributed by atoms with E-state index in [-0.39, 0.29) is 11.5 Å². The molecule has 0 bridgehead atoms. The van der Waals surface area contributed by atoms with E-state index in [9.17, 15) is 14.4 Å². The average Bonchev–Trinajstić information content (AvgIpc) is 3.27. The van der Waals surface area contributed by atoms with E-state index in [2.05, 4.69) is 11.9 Å². The first-order valence-corrected chi connectivity index (χ1v) is 10.7. The molecule has 2 aromatic heterocycles. The van der Waals surface area contributed by atoms with Gasteiger partial charge < -0.3 is 9.64 Å². The standard InChI is InChI=1S/C20H25N3O4S/c1-11-6-9-22(10-7-11)18(24)13(3)27-20(26)16-12(2)15-17(28-16)21-14-5-4-8-23(14)19(15)25/h11,13H,4-10H2,1-3H3/t13-/m1/s1. The number of carbonyl (C=O) groups is 2. The minimum Gasteiger partial charge on any atom is -0.448 e. The summed E-state index contributed by atoms with van der Waals surface area (Å²) in [5, 5.41) is 0.492. The van der Waals surface area contributed by atoms with Crippen LogP contribution in [0.1, 0.15) is 54.2 Å². The average molecular weight is 404 g/mol. The number of thiophene rings is 1. The number of aromatic nitrogens is 2. The number of aryl methyl sites for hydroxylation is 2. The third kappa shape index (κ3) is 3.23. The zero-order chi connectivity index (χ0) is 20.0. The van der Waals surface area contributed by atoms with Crippen LogP contribution >= 0.6 is 11.3 Å². The van der Waals surface area contributed by atoms with Crippen molar-refractivity contribution in [3.8, 4) is 0 Å². The van der Waals surface area contributed by atoms with Crippen molar-refractivity contribution in [3.05, 3.63) is 26.6 Å².